The molecule has 1 aromatic rings. The van der Waals surface area contributed by atoms with Crippen LogP contribution in [0.2, 0.25) is 0 Å². The average molecular weight is 278 g/mol. The second-order valence-corrected chi connectivity index (χ2v) is 5.26. The zero-order valence-corrected chi connectivity index (χ0v) is 11.3. The third kappa shape index (κ3) is 2.70. The SMILES string of the molecule is O=C(CC1COC1)N1CCN(C(=O)c2ccco2)CC1. The van der Waals surface area contributed by atoms with E-state index in [0.717, 1.165) is 0 Å². The van der Waals surface area contributed by atoms with Crippen LogP contribution in [0.4, 0.5) is 0 Å². The molecule has 2 aliphatic rings. The number of piperazine rings is 1. The lowest BCUT2D eigenvalue weighted by molar-refractivity contribution is -0.138. The van der Waals surface area contributed by atoms with Crippen molar-refractivity contribution in [3.8, 4) is 0 Å². The van der Waals surface area contributed by atoms with E-state index in [-0.39, 0.29) is 11.8 Å². The van der Waals surface area contributed by atoms with Gasteiger partial charge < -0.3 is 19.0 Å². The van der Waals surface area contributed by atoms with Crippen LogP contribution < -0.4 is 0 Å². The number of amides is 2. The summed E-state index contributed by atoms with van der Waals surface area (Å²) in [5.74, 6) is 0.805. The Bertz CT molecular complexity index is 473. The van der Waals surface area contributed by atoms with E-state index in [1.165, 1.54) is 6.26 Å². The van der Waals surface area contributed by atoms with Gasteiger partial charge in [-0.25, -0.2) is 0 Å². The normalized spacial score (nSPS) is 19.8. The maximum absolute atomic E-state index is 12.1. The van der Waals surface area contributed by atoms with Gasteiger partial charge in [-0.1, -0.05) is 0 Å². The number of nitrogens with zero attached hydrogens (tertiary/aromatic N) is 2. The van der Waals surface area contributed by atoms with Gasteiger partial charge >= 0.3 is 0 Å². The topological polar surface area (TPSA) is 63.0 Å². The second-order valence-electron chi connectivity index (χ2n) is 5.26. The Hall–Kier alpha value is -1.82. The molecule has 0 aromatic carbocycles. The van der Waals surface area contributed by atoms with Crippen molar-refractivity contribution in [3.05, 3.63) is 24.2 Å². The molecule has 2 fully saturated rings. The maximum atomic E-state index is 12.1. The van der Waals surface area contributed by atoms with Crippen LogP contribution in [0.15, 0.2) is 22.8 Å². The molecule has 3 rings (SSSR count). The van der Waals surface area contributed by atoms with Crippen LogP contribution in [0.1, 0.15) is 17.0 Å². The molecule has 1 aromatic heterocycles. The highest BCUT2D eigenvalue weighted by molar-refractivity contribution is 5.91. The molecule has 0 atom stereocenters. The highest BCUT2D eigenvalue weighted by atomic mass is 16.5. The van der Waals surface area contributed by atoms with Gasteiger partial charge in [0.2, 0.25) is 5.91 Å². The Balaban J connectivity index is 1.49. The molecular formula is C14H18N2O4. The highest BCUT2D eigenvalue weighted by Crippen LogP contribution is 2.17. The first-order valence-electron chi connectivity index (χ1n) is 6.92. The lowest BCUT2D eigenvalue weighted by Gasteiger charge is -2.36. The molecule has 0 N–H and O–H groups in total. The van der Waals surface area contributed by atoms with Gasteiger partial charge in [-0.2, -0.15) is 0 Å². The Kier molecular flexibility index (Phi) is 3.73. The fourth-order valence-corrected chi connectivity index (χ4v) is 2.49. The van der Waals surface area contributed by atoms with Crippen LogP contribution in [0.25, 0.3) is 0 Å². The lowest BCUT2D eigenvalue weighted by atomic mass is 10.0. The first-order chi connectivity index (χ1) is 9.74. The van der Waals surface area contributed by atoms with Crippen molar-refractivity contribution in [1.82, 2.24) is 9.80 Å². The summed E-state index contributed by atoms with van der Waals surface area (Å²) >= 11 is 0. The predicted molar refractivity (Wildman–Crippen MR) is 70.1 cm³/mol. The third-order valence-corrected chi connectivity index (χ3v) is 3.82. The van der Waals surface area contributed by atoms with Crippen LogP contribution in [0.5, 0.6) is 0 Å². The monoisotopic (exact) mass is 278 g/mol. The number of ether oxygens (including phenoxy) is 1. The van der Waals surface area contributed by atoms with Crippen molar-refractivity contribution < 1.29 is 18.7 Å². The molecule has 3 heterocycles. The summed E-state index contributed by atoms with van der Waals surface area (Å²) in [5, 5.41) is 0. The predicted octanol–water partition coefficient (Wildman–Crippen LogP) is 0.600. The minimum absolute atomic E-state index is 0.102. The fraction of sp³-hybridized carbons (Fsp3) is 0.571. The van der Waals surface area contributed by atoms with Crippen LogP contribution in [0.3, 0.4) is 0 Å². The molecule has 0 unspecified atom stereocenters. The average Bonchev–Trinajstić information content (AvgIpc) is 2.96. The number of hydrogen-bond donors (Lipinski definition) is 0. The summed E-state index contributed by atoms with van der Waals surface area (Å²) in [6.45, 7) is 3.71. The van der Waals surface area contributed by atoms with Gasteiger partial charge in [0.25, 0.3) is 5.91 Å². The quantitative estimate of drug-likeness (QED) is 0.812. The lowest BCUT2D eigenvalue weighted by Crippen LogP contribution is -2.51. The van der Waals surface area contributed by atoms with E-state index in [2.05, 4.69) is 0 Å². The number of carbonyl (C=O) groups excluding carboxylic acids is 2. The summed E-state index contributed by atoms with van der Waals surface area (Å²) in [6, 6.07) is 3.37. The van der Waals surface area contributed by atoms with E-state index in [4.69, 9.17) is 9.15 Å². The molecule has 108 valence electrons. The minimum atomic E-state index is -0.102. The molecular weight excluding hydrogens is 260 g/mol. The third-order valence-electron chi connectivity index (χ3n) is 3.82. The molecule has 2 saturated heterocycles. The van der Waals surface area contributed by atoms with Crippen molar-refractivity contribution in [2.45, 2.75) is 6.42 Å². The number of hydrogen-bond acceptors (Lipinski definition) is 4. The summed E-state index contributed by atoms with van der Waals surface area (Å²) in [4.78, 5) is 27.7. The zero-order valence-electron chi connectivity index (χ0n) is 11.3. The fourth-order valence-electron chi connectivity index (χ4n) is 2.49. The molecule has 0 saturated carbocycles. The van der Waals surface area contributed by atoms with E-state index < -0.39 is 0 Å². The molecule has 0 bridgehead atoms. The van der Waals surface area contributed by atoms with Gasteiger partial charge in [-0.15, -0.1) is 0 Å². The molecule has 2 amide bonds. The van der Waals surface area contributed by atoms with Gasteiger partial charge in [-0.05, 0) is 12.1 Å². The number of carbonyl (C=O) groups is 2. The molecule has 0 aliphatic carbocycles. The van der Waals surface area contributed by atoms with Crippen LogP contribution in [-0.2, 0) is 9.53 Å². The molecule has 2 aliphatic heterocycles. The molecule has 6 heteroatoms. The minimum Gasteiger partial charge on any atom is -0.459 e. The molecule has 6 nitrogen and oxygen atoms in total. The van der Waals surface area contributed by atoms with E-state index >= 15 is 0 Å². The van der Waals surface area contributed by atoms with Crippen LogP contribution in [0, 0.1) is 5.92 Å². The maximum Gasteiger partial charge on any atom is 0.289 e. The Morgan fingerprint density at radius 2 is 1.85 bits per heavy atom. The van der Waals surface area contributed by atoms with Crippen molar-refractivity contribution in [1.29, 1.82) is 0 Å². The molecule has 0 radical (unpaired) electrons. The standard InChI is InChI=1S/C14H18N2O4/c17-13(8-11-9-19-10-11)15-3-5-16(6-4-15)14(18)12-2-1-7-20-12/h1-2,7,11H,3-6,8-10H2. The summed E-state index contributed by atoms with van der Waals surface area (Å²) in [7, 11) is 0. The molecule has 20 heavy (non-hydrogen) atoms. The van der Waals surface area contributed by atoms with Crippen LogP contribution >= 0.6 is 0 Å². The van der Waals surface area contributed by atoms with Gasteiger partial charge in [0.15, 0.2) is 5.76 Å². The second kappa shape index (κ2) is 5.66. The summed E-state index contributed by atoms with van der Waals surface area (Å²) in [5.41, 5.74) is 0. The van der Waals surface area contributed by atoms with Gasteiger partial charge in [0, 0.05) is 38.5 Å². The Labute approximate surface area is 117 Å². The Morgan fingerprint density at radius 1 is 1.15 bits per heavy atom. The van der Waals surface area contributed by atoms with E-state index in [9.17, 15) is 9.59 Å². The van der Waals surface area contributed by atoms with Crippen molar-refractivity contribution in [3.63, 3.8) is 0 Å². The van der Waals surface area contributed by atoms with E-state index in [0.29, 0.717) is 57.5 Å². The summed E-state index contributed by atoms with van der Waals surface area (Å²) < 4.78 is 10.2. The van der Waals surface area contributed by atoms with Gasteiger partial charge in [0.05, 0.1) is 19.5 Å². The van der Waals surface area contributed by atoms with Crippen LogP contribution in [-0.4, -0.2) is 61.0 Å². The van der Waals surface area contributed by atoms with E-state index in [1.54, 1.807) is 17.0 Å². The van der Waals surface area contributed by atoms with E-state index in [1.807, 2.05) is 4.90 Å². The smallest absolute Gasteiger partial charge is 0.289 e. The first-order valence-corrected chi connectivity index (χ1v) is 6.92. The van der Waals surface area contributed by atoms with Gasteiger partial charge in [0.1, 0.15) is 0 Å². The number of rotatable bonds is 3. The van der Waals surface area contributed by atoms with Crippen molar-refractivity contribution in [2.75, 3.05) is 39.4 Å². The Morgan fingerprint density at radius 3 is 2.40 bits per heavy atom. The largest absolute Gasteiger partial charge is 0.459 e. The zero-order chi connectivity index (χ0) is 13.9. The van der Waals surface area contributed by atoms with Crippen molar-refractivity contribution in [2.24, 2.45) is 5.92 Å². The van der Waals surface area contributed by atoms with Crippen molar-refractivity contribution >= 4 is 11.8 Å². The molecule has 0 spiro atoms. The first kappa shape index (κ1) is 13.2. The highest BCUT2D eigenvalue weighted by Gasteiger charge is 2.29. The summed E-state index contributed by atoms with van der Waals surface area (Å²) in [6.07, 6.45) is 2.06. The number of furan rings is 1. The van der Waals surface area contributed by atoms with Gasteiger partial charge in [-0.3, -0.25) is 9.59 Å².